The van der Waals surface area contributed by atoms with E-state index in [4.69, 9.17) is 24.8 Å². The number of nitrogens with one attached hydrogen (secondary N) is 2. The highest BCUT2D eigenvalue weighted by Crippen LogP contribution is 2.32. The number of ether oxygens (including phenoxy) is 1. The number of hydrogen-bond donors (Lipinski definition) is 3. The summed E-state index contributed by atoms with van der Waals surface area (Å²) in [6.07, 6.45) is 1.46. The van der Waals surface area contributed by atoms with Gasteiger partial charge in [0.2, 0.25) is 10.0 Å². The van der Waals surface area contributed by atoms with Crippen molar-refractivity contribution in [2.45, 2.75) is 6.42 Å². The van der Waals surface area contributed by atoms with E-state index >= 15 is 4.39 Å². The lowest BCUT2D eigenvalue weighted by Gasteiger charge is -2.28. The Labute approximate surface area is 235 Å². The van der Waals surface area contributed by atoms with Crippen LogP contribution in [0.1, 0.15) is 6.42 Å². The number of aromatic nitrogens is 4. The minimum atomic E-state index is -3.92. The van der Waals surface area contributed by atoms with Crippen molar-refractivity contribution < 1.29 is 27.0 Å². The van der Waals surface area contributed by atoms with Crippen molar-refractivity contribution in [1.82, 2.24) is 19.9 Å². The lowest BCUT2D eigenvalue weighted by molar-refractivity contribution is 0.122. The summed E-state index contributed by atoms with van der Waals surface area (Å²) in [5.41, 5.74) is 1.78. The van der Waals surface area contributed by atoms with Gasteiger partial charge in [0.15, 0.2) is 17.5 Å². The number of rotatable bonds is 11. The molecule has 3 N–H and O–H groups in total. The zero-order chi connectivity index (χ0) is 28.8. The second kappa shape index (κ2) is 12.7. The summed E-state index contributed by atoms with van der Waals surface area (Å²) >= 11 is 0. The van der Waals surface area contributed by atoms with Crippen molar-refractivity contribution in [2.75, 3.05) is 66.8 Å². The predicted octanol–water partition coefficient (Wildman–Crippen LogP) is 3.24. The fourth-order valence-corrected chi connectivity index (χ4v) is 5.44. The number of halogens is 2. The average Bonchev–Trinajstić information content (AvgIpc) is 3.00. The minimum absolute atomic E-state index is 0.0145. The van der Waals surface area contributed by atoms with Crippen LogP contribution in [-0.4, -0.2) is 85.3 Å². The molecule has 1 saturated heterocycles. The molecule has 3 aromatic heterocycles. The number of aliphatic hydroxyl groups excluding tert-OH is 1. The molecule has 4 heterocycles. The summed E-state index contributed by atoms with van der Waals surface area (Å²) in [5.74, 6) is 0.347. The van der Waals surface area contributed by atoms with Crippen molar-refractivity contribution >= 4 is 38.4 Å². The molecule has 0 amide bonds. The van der Waals surface area contributed by atoms with Gasteiger partial charge in [-0.25, -0.2) is 32.7 Å². The van der Waals surface area contributed by atoms with Gasteiger partial charge < -0.3 is 20.1 Å². The van der Waals surface area contributed by atoms with Crippen LogP contribution in [0.25, 0.3) is 33.7 Å². The van der Waals surface area contributed by atoms with Crippen LogP contribution in [-0.2, 0) is 14.8 Å². The first-order chi connectivity index (χ1) is 19.9. The van der Waals surface area contributed by atoms with Crippen LogP contribution >= 0.6 is 0 Å². The molecule has 0 unspecified atom stereocenters. The number of morpholine rings is 1. The standard InChI is InChI=1S/C27H29F2N7O4S/c28-9-2-16-41(38,39)35-21-4-1-3-19(24(21)29)20-6-7-22-25(32-20)27(36-11-14-40-15-12-36)34-26(33-22)18-5-8-23(31-17-18)30-10-13-37/h1,3-8,17,35,37H,2,9-16H2,(H,30,31). The van der Waals surface area contributed by atoms with Crippen LogP contribution in [0.15, 0.2) is 48.7 Å². The molecule has 1 fully saturated rings. The molecular weight excluding hydrogens is 556 g/mol. The van der Waals surface area contributed by atoms with Gasteiger partial charge in [0.25, 0.3) is 0 Å². The first kappa shape index (κ1) is 28.5. The number of pyridine rings is 2. The van der Waals surface area contributed by atoms with Crippen LogP contribution in [0.3, 0.4) is 0 Å². The number of sulfonamides is 1. The third kappa shape index (κ3) is 6.66. The second-order valence-electron chi connectivity index (χ2n) is 9.25. The first-order valence-electron chi connectivity index (χ1n) is 13.1. The molecule has 0 radical (unpaired) electrons. The maximum Gasteiger partial charge on any atom is 0.232 e. The van der Waals surface area contributed by atoms with Crippen LogP contribution in [0.2, 0.25) is 0 Å². The summed E-state index contributed by atoms with van der Waals surface area (Å²) in [6, 6.07) is 11.3. The van der Waals surface area contributed by atoms with Crippen molar-refractivity contribution in [2.24, 2.45) is 0 Å². The molecule has 4 aromatic rings. The topological polar surface area (TPSA) is 142 Å². The molecule has 14 heteroatoms. The first-order valence-corrected chi connectivity index (χ1v) is 14.7. The van der Waals surface area contributed by atoms with Crippen LogP contribution < -0.4 is 14.9 Å². The second-order valence-corrected chi connectivity index (χ2v) is 11.1. The van der Waals surface area contributed by atoms with Crippen molar-refractivity contribution in [3.05, 3.63) is 54.5 Å². The fourth-order valence-electron chi connectivity index (χ4n) is 4.36. The molecule has 1 aliphatic heterocycles. The molecule has 41 heavy (non-hydrogen) atoms. The summed E-state index contributed by atoms with van der Waals surface area (Å²) in [5, 5.41) is 12.0. The van der Waals surface area contributed by atoms with E-state index in [1.807, 2.05) is 11.0 Å². The Kier molecular flexibility index (Phi) is 8.81. The monoisotopic (exact) mass is 585 g/mol. The van der Waals surface area contributed by atoms with E-state index in [0.717, 1.165) is 0 Å². The maximum absolute atomic E-state index is 15.5. The number of anilines is 3. The third-order valence-corrected chi connectivity index (χ3v) is 7.72. The van der Waals surface area contributed by atoms with Crippen LogP contribution in [0.5, 0.6) is 0 Å². The third-order valence-electron chi connectivity index (χ3n) is 6.36. The van der Waals surface area contributed by atoms with Gasteiger partial charge in [0.05, 0.1) is 49.1 Å². The lowest BCUT2D eigenvalue weighted by Crippen LogP contribution is -2.37. The van der Waals surface area contributed by atoms with Gasteiger partial charge >= 0.3 is 0 Å². The summed E-state index contributed by atoms with van der Waals surface area (Å²) in [4.78, 5) is 20.6. The van der Waals surface area contributed by atoms with E-state index < -0.39 is 28.3 Å². The van der Waals surface area contributed by atoms with Gasteiger partial charge in [-0.2, -0.15) is 0 Å². The highest BCUT2D eigenvalue weighted by atomic mass is 32.2. The van der Waals surface area contributed by atoms with Gasteiger partial charge in [-0.3, -0.25) is 9.11 Å². The minimum Gasteiger partial charge on any atom is -0.395 e. The SMILES string of the molecule is O=S(=O)(CCCF)Nc1cccc(-c2ccc3nc(-c4ccc(NCCO)nc4)nc(N4CCOCC4)c3n2)c1F. The molecule has 0 bridgehead atoms. The van der Waals surface area contributed by atoms with E-state index in [1.54, 1.807) is 24.4 Å². The van der Waals surface area contributed by atoms with Crippen LogP contribution in [0, 0.1) is 5.82 Å². The Balaban J connectivity index is 1.55. The molecule has 216 valence electrons. The fraction of sp³-hybridized carbons (Fsp3) is 0.333. The molecule has 0 atom stereocenters. The zero-order valence-corrected chi connectivity index (χ0v) is 22.9. The van der Waals surface area contributed by atoms with Crippen LogP contribution in [0.4, 0.5) is 26.1 Å². The molecule has 0 spiro atoms. The smallest absolute Gasteiger partial charge is 0.232 e. The number of fused-ring (bicyclic) bond motifs is 1. The maximum atomic E-state index is 15.5. The van der Waals surface area contributed by atoms with E-state index in [2.05, 4.69) is 15.0 Å². The molecule has 5 rings (SSSR count). The van der Waals surface area contributed by atoms with Gasteiger partial charge in [-0.1, -0.05) is 6.07 Å². The normalized spacial score (nSPS) is 13.9. The molecule has 0 saturated carbocycles. The van der Waals surface area contributed by atoms with Crippen molar-refractivity contribution in [3.63, 3.8) is 0 Å². The van der Waals surface area contributed by atoms with Gasteiger partial charge in [-0.05, 0) is 42.8 Å². The van der Waals surface area contributed by atoms with Crippen molar-refractivity contribution in [1.29, 1.82) is 0 Å². The number of alkyl halides is 1. The summed E-state index contributed by atoms with van der Waals surface area (Å²) in [7, 11) is -3.92. The quantitative estimate of drug-likeness (QED) is 0.240. The molecular formula is C27H29F2N7O4S. The lowest BCUT2D eigenvalue weighted by atomic mass is 10.1. The summed E-state index contributed by atoms with van der Waals surface area (Å²) < 4.78 is 60.3. The Bertz CT molecular complexity index is 1620. The Morgan fingerprint density at radius 2 is 1.88 bits per heavy atom. The van der Waals surface area contributed by atoms with E-state index in [1.165, 1.54) is 18.2 Å². The number of nitrogens with zero attached hydrogens (tertiary/aromatic N) is 5. The molecule has 0 aliphatic carbocycles. The van der Waals surface area contributed by atoms with E-state index in [9.17, 15) is 12.8 Å². The Morgan fingerprint density at radius 3 is 2.61 bits per heavy atom. The highest BCUT2D eigenvalue weighted by Gasteiger charge is 2.22. The Morgan fingerprint density at radius 1 is 1.05 bits per heavy atom. The average molecular weight is 586 g/mol. The molecule has 1 aliphatic rings. The zero-order valence-electron chi connectivity index (χ0n) is 22.1. The van der Waals surface area contributed by atoms with Gasteiger partial charge in [-0.15, -0.1) is 0 Å². The molecule has 1 aromatic carbocycles. The van der Waals surface area contributed by atoms with Gasteiger partial charge in [0, 0.05) is 37.0 Å². The largest absolute Gasteiger partial charge is 0.395 e. The molecule has 11 nitrogen and oxygen atoms in total. The Hall–Kier alpha value is -4.01. The predicted molar refractivity (Wildman–Crippen MR) is 153 cm³/mol. The van der Waals surface area contributed by atoms with Gasteiger partial charge in [0.1, 0.15) is 11.3 Å². The number of benzene rings is 1. The van der Waals surface area contributed by atoms with Crippen molar-refractivity contribution in [3.8, 4) is 22.6 Å². The summed E-state index contributed by atoms with van der Waals surface area (Å²) in [6.45, 7) is 1.73. The number of aliphatic hydroxyl groups is 1. The van der Waals surface area contributed by atoms with E-state index in [-0.39, 0.29) is 30.0 Å². The number of hydrogen-bond acceptors (Lipinski definition) is 10. The highest BCUT2D eigenvalue weighted by molar-refractivity contribution is 7.92. The van der Waals surface area contributed by atoms with E-state index in [0.29, 0.717) is 66.9 Å².